The highest BCUT2D eigenvalue weighted by Gasteiger charge is 2.34. The van der Waals surface area contributed by atoms with E-state index in [1.165, 1.54) is 24.3 Å². The number of amides is 5. The number of carbonyl (C=O) groups is 7. The van der Waals surface area contributed by atoms with Gasteiger partial charge in [-0.15, -0.1) is 0 Å². The molecule has 1 rings (SSSR count). The number of carboxylic acid groups (broad SMARTS) is 2. The molecule has 0 saturated carbocycles. The van der Waals surface area contributed by atoms with Gasteiger partial charge < -0.3 is 58.5 Å². The highest BCUT2D eigenvalue weighted by Crippen LogP contribution is 2.14. The zero-order valence-corrected chi connectivity index (χ0v) is 30.1. The molecule has 18 nitrogen and oxygen atoms in total. The Hall–Kier alpha value is -4.81. The number of benzene rings is 1. The number of rotatable bonds is 24. The quantitative estimate of drug-likeness (QED) is 0.0537. The number of aliphatic carboxylic acids is 2. The number of nitrogens with two attached hydrogens (primary N) is 2. The zero-order chi connectivity index (χ0) is 39.5. The number of aliphatic hydroxyl groups is 1. The van der Waals surface area contributed by atoms with E-state index in [1.54, 1.807) is 27.7 Å². The third-order valence-electron chi connectivity index (χ3n) is 7.80. The van der Waals surface area contributed by atoms with Gasteiger partial charge in [0.05, 0.1) is 13.0 Å². The van der Waals surface area contributed by atoms with Crippen LogP contribution in [0.2, 0.25) is 0 Å². The summed E-state index contributed by atoms with van der Waals surface area (Å²) in [6.45, 7) is 6.62. The summed E-state index contributed by atoms with van der Waals surface area (Å²) in [4.78, 5) is 89.9. The molecule has 0 heterocycles. The predicted molar refractivity (Wildman–Crippen MR) is 188 cm³/mol. The van der Waals surface area contributed by atoms with Crippen molar-refractivity contribution in [1.29, 1.82) is 0 Å². The topological polar surface area (TPSA) is 313 Å². The van der Waals surface area contributed by atoms with E-state index in [9.17, 15) is 54.0 Å². The van der Waals surface area contributed by atoms with Crippen LogP contribution in [0.1, 0.15) is 71.8 Å². The smallest absolute Gasteiger partial charge is 0.326 e. The summed E-state index contributed by atoms with van der Waals surface area (Å²) in [6.07, 6.45) is 0.165. The highest BCUT2D eigenvalue weighted by molar-refractivity contribution is 5.97. The van der Waals surface area contributed by atoms with Crippen molar-refractivity contribution in [2.75, 3.05) is 13.2 Å². The molecule has 6 atom stereocenters. The molecule has 1 aromatic carbocycles. The molecule has 13 N–H and O–H groups in total. The third-order valence-corrected chi connectivity index (χ3v) is 7.80. The number of carboxylic acids is 2. The number of hydrogen-bond donors (Lipinski definition) is 11. The molecule has 1 aromatic rings. The number of phenols is 1. The Kier molecular flexibility index (Phi) is 19.9. The van der Waals surface area contributed by atoms with E-state index in [1.807, 2.05) is 0 Å². The SMILES string of the molecule is CC(C)C[C@H](NC(=O)[C@H](CCCCN)NC(=O)[C@H](Cc1ccc(O)cc1)NC(=O)[C@H](CC(C)C)NC(=O)[C@H](CC(=O)O)NC(=O)[C@@H](N)CO)C(=O)O. The van der Waals surface area contributed by atoms with Crippen LogP contribution in [-0.2, 0) is 40.0 Å². The first-order valence-electron chi connectivity index (χ1n) is 17.2. The molecule has 0 aliphatic carbocycles. The van der Waals surface area contributed by atoms with Gasteiger partial charge in [-0.1, -0.05) is 39.8 Å². The molecule has 0 unspecified atom stereocenters. The Morgan fingerprint density at radius 3 is 1.63 bits per heavy atom. The van der Waals surface area contributed by atoms with Crippen LogP contribution in [0, 0.1) is 11.8 Å². The average molecular weight is 738 g/mol. The molecular formula is C34H55N7O11. The first-order chi connectivity index (χ1) is 24.4. The van der Waals surface area contributed by atoms with Gasteiger partial charge >= 0.3 is 11.9 Å². The van der Waals surface area contributed by atoms with Crippen LogP contribution >= 0.6 is 0 Å². The second-order valence-electron chi connectivity index (χ2n) is 13.4. The fraction of sp³-hybridized carbons (Fsp3) is 0.618. The van der Waals surface area contributed by atoms with Crippen molar-refractivity contribution in [3.8, 4) is 5.75 Å². The number of hydrogen-bond acceptors (Lipinski definition) is 11. The van der Waals surface area contributed by atoms with Crippen LogP contribution in [0.5, 0.6) is 5.75 Å². The Morgan fingerprint density at radius 2 is 1.12 bits per heavy atom. The zero-order valence-electron chi connectivity index (χ0n) is 30.1. The fourth-order valence-corrected chi connectivity index (χ4v) is 5.07. The summed E-state index contributed by atoms with van der Waals surface area (Å²) >= 11 is 0. The van der Waals surface area contributed by atoms with Crippen molar-refractivity contribution in [2.24, 2.45) is 23.3 Å². The lowest BCUT2D eigenvalue weighted by atomic mass is 9.99. The molecular weight excluding hydrogens is 682 g/mol. The van der Waals surface area contributed by atoms with Gasteiger partial charge in [0.2, 0.25) is 29.5 Å². The van der Waals surface area contributed by atoms with Crippen LogP contribution in [0.3, 0.4) is 0 Å². The molecule has 0 bridgehead atoms. The molecule has 0 fully saturated rings. The van der Waals surface area contributed by atoms with Gasteiger partial charge in [0.15, 0.2) is 0 Å². The molecule has 18 heteroatoms. The van der Waals surface area contributed by atoms with Gasteiger partial charge in [0.25, 0.3) is 0 Å². The molecule has 0 aliphatic heterocycles. The molecule has 5 amide bonds. The van der Waals surface area contributed by atoms with E-state index < -0.39 is 90.8 Å². The molecule has 292 valence electrons. The van der Waals surface area contributed by atoms with E-state index in [2.05, 4.69) is 26.6 Å². The van der Waals surface area contributed by atoms with Crippen molar-refractivity contribution >= 4 is 41.5 Å². The van der Waals surface area contributed by atoms with E-state index in [-0.39, 0.29) is 43.3 Å². The number of aromatic hydroxyl groups is 1. The van der Waals surface area contributed by atoms with Crippen molar-refractivity contribution in [3.63, 3.8) is 0 Å². The second-order valence-corrected chi connectivity index (χ2v) is 13.4. The molecule has 0 saturated heterocycles. The van der Waals surface area contributed by atoms with E-state index >= 15 is 0 Å². The molecule has 0 aromatic heterocycles. The summed E-state index contributed by atoms with van der Waals surface area (Å²) in [5.41, 5.74) is 11.6. The molecule has 52 heavy (non-hydrogen) atoms. The molecule has 0 radical (unpaired) electrons. The Morgan fingerprint density at radius 1 is 0.654 bits per heavy atom. The summed E-state index contributed by atoms with van der Waals surface area (Å²) in [7, 11) is 0. The summed E-state index contributed by atoms with van der Waals surface area (Å²) in [6, 6.07) is -2.46. The minimum absolute atomic E-state index is 0.0194. The highest BCUT2D eigenvalue weighted by atomic mass is 16.4. The van der Waals surface area contributed by atoms with E-state index in [4.69, 9.17) is 11.5 Å². The normalized spacial score (nSPS) is 14.6. The summed E-state index contributed by atoms with van der Waals surface area (Å²) in [5, 5.41) is 50.3. The van der Waals surface area contributed by atoms with Gasteiger partial charge in [-0.3, -0.25) is 28.8 Å². The fourth-order valence-electron chi connectivity index (χ4n) is 5.07. The van der Waals surface area contributed by atoms with Gasteiger partial charge in [0, 0.05) is 6.42 Å². The van der Waals surface area contributed by atoms with E-state index in [0.29, 0.717) is 24.9 Å². The summed E-state index contributed by atoms with van der Waals surface area (Å²) in [5.74, 6) is -7.45. The van der Waals surface area contributed by atoms with Crippen molar-refractivity contribution in [2.45, 2.75) is 109 Å². The molecule has 0 aliphatic rings. The number of aliphatic hydroxyl groups excluding tert-OH is 1. The maximum absolute atomic E-state index is 13.9. The number of carbonyl (C=O) groups excluding carboxylic acids is 5. The minimum Gasteiger partial charge on any atom is -0.508 e. The van der Waals surface area contributed by atoms with Crippen LogP contribution < -0.4 is 38.1 Å². The monoisotopic (exact) mass is 737 g/mol. The Bertz CT molecular complexity index is 1360. The molecule has 0 spiro atoms. The number of phenolic OH excluding ortho intramolecular Hbond substituents is 1. The van der Waals surface area contributed by atoms with E-state index in [0.717, 1.165) is 0 Å². The maximum Gasteiger partial charge on any atom is 0.326 e. The van der Waals surface area contributed by atoms with Crippen LogP contribution in [0.25, 0.3) is 0 Å². The first-order valence-corrected chi connectivity index (χ1v) is 17.2. The van der Waals surface area contributed by atoms with Crippen molar-refractivity contribution in [3.05, 3.63) is 29.8 Å². The largest absolute Gasteiger partial charge is 0.508 e. The van der Waals surface area contributed by atoms with Crippen molar-refractivity contribution in [1.82, 2.24) is 26.6 Å². The number of nitrogens with one attached hydrogen (secondary N) is 5. The average Bonchev–Trinajstić information content (AvgIpc) is 3.06. The van der Waals surface area contributed by atoms with Crippen LogP contribution in [0.4, 0.5) is 0 Å². The number of unbranched alkanes of at least 4 members (excludes halogenated alkanes) is 1. The minimum atomic E-state index is -1.67. The standard InChI is InChI=1S/C34H55N7O11/c1-18(2)13-24(39-33(50)26(16-28(44)45)38-29(46)22(36)17-42)31(48)40-25(15-20-8-10-21(43)11-9-20)32(49)37-23(7-5-6-12-35)30(47)41-27(34(51)52)14-19(3)4/h8-11,18-19,22-27,42-43H,5-7,12-17,35-36H2,1-4H3,(H,37,49)(H,38,46)(H,39,50)(H,40,48)(H,41,47)(H,44,45)(H,51,52)/t22-,23-,24-,25-,26-,27-/m0/s1. The van der Waals surface area contributed by atoms with Gasteiger partial charge in [-0.05, 0) is 68.2 Å². The Labute approximate surface area is 302 Å². The van der Waals surface area contributed by atoms with Crippen molar-refractivity contribution < 1.29 is 54.0 Å². The lowest BCUT2D eigenvalue weighted by molar-refractivity contribution is -0.143. The maximum atomic E-state index is 13.9. The predicted octanol–water partition coefficient (Wildman–Crippen LogP) is -1.54. The van der Waals surface area contributed by atoms with Crippen LogP contribution in [0.15, 0.2) is 24.3 Å². The lowest BCUT2D eigenvalue weighted by Crippen LogP contribution is -2.60. The summed E-state index contributed by atoms with van der Waals surface area (Å²) < 4.78 is 0. The van der Waals surface area contributed by atoms with Crippen LogP contribution in [-0.4, -0.2) is 111 Å². The third kappa shape index (κ3) is 16.9. The Balaban J connectivity index is 3.43. The van der Waals surface area contributed by atoms with Gasteiger partial charge in [0.1, 0.15) is 42.0 Å². The van der Waals surface area contributed by atoms with Gasteiger partial charge in [-0.25, -0.2) is 4.79 Å². The van der Waals surface area contributed by atoms with Gasteiger partial charge in [-0.2, -0.15) is 0 Å². The second kappa shape index (κ2) is 22.9. The lowest BCUT2D eigenvalue weighted by Gasteiger charge is -2.28. The first kappa shape index (κ1) is 45.2.